The molecule has 0 radical (unpaired) electrons. The lowest BCUT2D eigenvalue weighted by Crippen LogP contribution is -2.04. The van der Waals surface area contributed by atoms with Gasteiger partial charge in [-0.25, -0.2) is 0 Å². The number of nitrogens with zero attached hydrogens (tertiary/aromatic N) is 3. The van der Waals surface area contributed by atoms with Gasteiger partial charge >= 0.3 is 17.1 Å². The van der Waals surface area contributed by atoms with Crippen molar-refractivity contribution < 1.29 is 14.8 Å². The number of aryl methyl sites for hydroxylation is 1. The van der Waals surface area contributed by atoms with Crippen LogP contribution < -0.4 is 0 Å². The van der Waals surface area contributed by atoms with Gasteiger partial charge in [0.25, 0.3) is 0 Å². The minimum Gasteiger partial charge on any atom is -0.258 e. The first-order chi connectivity index (χ1) is 8.90. The Kier molecular flexibility index (Phi) is 4.46. The molecular weight excluding hydrogens is 258 g/mol. The molecule has 1 rings (SSSR count). The summed E-state index contributed by atoms with van der Waals surface area (Å²) in [7, 11) is 0. The van der Waals surface area contributed by atoms with Gasteiger partial charge in [-0.2, -0.15) is 0 Å². The van der Waals surface area contributed by atoms with Gasteiger partial charge in [0.2, 0.25) is 0 Å². The highest BCUT2D eigenvalue weighted by molar-refractivity contribution is 5.69. The molecule has 0 saturated carbocycles. The van der Waals surface area contributed by atoms with E-state index in [1.165, 1.54) is 6.07 Å². The highest BCUT2D eigenvalue weighted by Gasteiger charge is 2.38. The Hall–Kier alpha value is -2.58. The molecule has 0 amide bonds. The quantitative estimate of drug-likeness (QED) is 0.576. The minimum atomic E-state index is -1.08. The summed E-state index contributed by atoms with van der Waals surface area (Å²) in [5, 5.41) is 32.5. The molecule has 0 atom stereocenters. The van der Waals surface area contributed by atoms with Crippen molar-refractivity contribution in [3.8, 4) is 0 Å². The largest absolute Gasteiger partial charge is 0.422 e. The van der Waals surface area contributed by atoms with Crippen LogP contribution in [0.5, 0.6) is 0 Å². The Bertz CT molecular complexity index is 542. The zero-order valence-corrected chi connectivity index (χ0v) is 10.1. The van der Waals surface area contributed by atoms with Gasteiger partial charge in [0.05, 0.1) is 14.8 Å². The molecule has 0 saturated heterocycles. The van der Waals surface area contributed by atoms with Crippen molar-refractivity contribution in [1.82, 2.24) is 0 Å². The van der Waals surface area contributed by atoms with Gasteiger partial charge in [0, 0.05) is 11.6 Å². The molecule has 9 heteroatoms. The van der Waals surface area contributed by atoms with Gasteiger partial charge in [0.15, 0.2) is 0 Å². The summed E-state index contributed by atoms with van der Waals surface area (Å²) in [5.74, 6) is 0. The zero-order chi connectivity index (χ0) is 14.6. The zero-order valence-electron chi connectivity index (χ0n) is 10.1. The number of nitro groups is 3. The second-order valence-electron chi connectivity index (χ2n) is 3.82. The first-order valence-corrected chi connectivity index (χ1v) is 5.49. The van der Waals surface area contributed by atoms with E-state index in [1.54, 1.807) is 0 Å². The Labute approximate surface area is 107 Å². The Morgan fingerprint density at radius 3 is 1.95 bits per heavy atom. The molecule has 0 fully saturated rings. The van der Waals surface area contributed by atoms with Crippen LogP contribution in [0.15, 0.2) is 12.1 Å². The van der Waals surface area contributed by atoms with Crippen LogP contribution in [-0.2, 0) is 6.42 Å². The topological polar surface area (TPSA) is 129 Å². The van der Waals surface area contributed by atoms with Crippen LogP contribution in [0.3, 0.4) is 0 Å². The lowest BCUT2D eigenvalue weighted by molar-refractivity contribution is -0.441. The monoisotopic (exact) mass is 269 g/mol. The van der Waals surface area contributed by atoms with Crippen LogP contribution in [-0.4, -0.2) is 14.8 Å². The van der Waals surface area contributed by atoms with E-state index in [4.69, 9.17) is 0 Å². The van der Waals surface area contributed by atoms with E-state index in [-0.39, 0.29) is 12.0 Å². The molecule has 0 aromatic heterocycles. The Morgan fingerprint density at radius 1 is 0.947 bits per heavy atom. The molecule has 0 heterocycles. The van der Waals surface area contributed by atoms with Gasteiger partial charge in [-0.05, 0) is 18.9 Å². The van der Waals surface area contributed by atoms with Gasteiger partial charge < -0.3 is 0 Å². The van der Waals surface area contributed by atoms with Gasteiger partial charge in [-0.3, -0.25) is 30.3 Å². The van der Waals surface area contributed by atoms with Crippen molar-refractivity contribution in [3.05, 3.63) is 48.0 Å². The average Bonchev–Trinajstić information content (AvgIpc) is 2.34. The molecule has 0 spiro atoms. The van der Waals surface area contributed by atoms with E-state index in [2.05, 4.69) is 0 Å². The fraction of sp³-hybridized carbons (Fsp3) is 0.400. The molecule has 0 N–H and O–H groups in total. The van der Waals surface area contributed by atoms with E-state index in [9.17, 15) is 30.3 Å². The van der Waals surface area contributed by atoms with Crippen molar-refractivity contribution in [2.75, 3.05) is 0 Å². The smallest absolute Gasteiger partial charge is 0.258 e. The second-order valence-corrected chi connectivity index (χ2v) is 3.82. The van der Waals surface area contributed by atoms with Crippen LogP contribution in [0.2, 0.25) is 0 Å². The maximum atomic E-state index is 11.0. The molecule has 1 aromatic rings. The number of nitro benzene ring substituents is 3. The van der Waals surface area contributed by atoms with Crippen molar-refractivity contribution in [1.29, 1.82) is 0 Å². The van der Waals surface area contributed by atoms with E-state index in [0.29, 0.717) is 6.42 Å². The first-order valence-electron chi connectivity index (χ1n) is 5.49. The fourth-order valence-corrected chi connectivity index (χ4v) is 1.71. The highest BCUT2D eigenvalue weighted by Crippen LogP contribution is 2.39. The molecule has 19 heavy (non-hydrogen) atoms. The first kappa shape index (κ1) is 14.5. The summed E-state index contributed by atoms with van der Waals surface area (Å²) in [6.07, 6.45) is 1.63. The van der Waals surface area contributed by atoms with Gasteiger partial charge in [-0.1, -0.05) is 13.3 Å². The third-order valence-electron chi connectivity index (χ3n) is 2.57. The predicted octanol–water partition coefficient (Wildman–Crippen LogP) is 2.75. The summed E-state index contributed by atoms with van der Waals surface area (Å²) in [4.78, 5) is 29.5. The van der Waals surface area contributed by atoms with Crippen LogP contribution in [0.4, 0.5) is 17.1 Å². The fourth-order valence-electron chi connectivity index (χ4n) is 1.71. The lowest BCUT2D eigenvalue weighted by Gasteiger charge is -2.03. The molecule has 9 nitrogen and oxygen atoms in total. The molecule has 0 bridgehead atoms. The second kappa shape index (κ2) is 5.85. The lowest BCUT2D eigenvalue weighted by atomic mass is 10.0. The van der Waals surface area contributed by atoms with Crippen LogP contribution >= 0.6 is 0 Å². The van der Waals surface area contributed by atoms with E-state index in [1.807, 2.05) is 6.92 Å². The minimum absolute atomic E-state index is 0.143. The molecule has 0 aliphatic rings. The van der Waals surface area contributed by atoms with Crippen molar-refractivity contribution in [2.45, 2.75) is 26.2 Å². The van der Waals surface area contributed by atoms with Gasteiger partial charge in [-0.15, -0.1) is 0 Å². The summed E-state index contributed by atoms with van der Waals surface area (Å²) < 4.78 is 0. The highest BCUT2D eigenvalue weighted by atomic mass is 16.6. The Morgan fingerprint density at radius 2 is 1.53 bits per heavy atom. The van der Waals surface area contributed by atoms with E-state index < -0.39 is 31.8 Å². The third kappa shape index (κ3) is 3.00. The van der Waals surface area contributed by atoms with Crippen molar-refractivity contribution >= 4 is 17.1 Å². The molecule has 1 aromatic carbocycles. The molecule has 0 aliphatic heterocycles. The molecular formula is C10H11N3O6. The maximum absolute atomic E-state index is 11.0. The molecule has 0 aliphatic carbocycles. The van der Waals surface area contributed by atoms with E-state index in [0.717, 1.165) is 12.5 Å². The van der Waals surface area contributed by atoms with E-state index >= 15 is 0 Å². The number of benzene rings is 1. The summed E-state index contributed by atoms with van der Waals surface area (Å²) in [6.45, 7) is 1.87. The number of unbranched alkanes of at least 4 members (excludes halogenated alkanes) is 1. The number of hydrogen-bond donors (Lipinski definition) is 0. The van der Waals surface area contributed by atoms with Crippen LogP contribution in [0.25, 0.3) is 0 Å². The van der Waals surface area contributed by atoms with Crippen LogP contribution in [0.1, 0.15) is 25.3 Å². The van der Waals surface area contributed by atoms with Gasteiger partial charge in [0.1, 0.15) is 0 Å². The number of rotatable bonds is 6. The van der Waals surface area contributed by atoms with Crippen LogP contribution in [0, 0.1) is 30.3 Å². The maximum Gasteiger partial charge on any atom is 0.422 e. The predicted molar refractivity (Wildman–Crippen MR) is 65.0 cm³/mol. The SMILES string of the molecule is CCCCc1ccc([N+](=O)[O-])c([N+](=O)[O-])c1[N+](=O)[O-]. The number of hydrogen-bond acceptors (Lipinski definition) is 6. The standard InChI is InChI=1S/C10H11N3O6/c1-2-3-4-7-5-6-8(11(14)15)10(13(18)19)9(7)12(16)17/h5-6H,2-4H2,1H3. The Balaban J connectivity index is 3.54. The third-order valence-corrected chi connectivity index (χ3v) is 2.57. The molecule has 0 unspecified atom stereocenters. The van der Waals surface area contributed by atoms with Crippen molar-refractivity contribution in [3.63, 3.8) is 0 Å². The summed E-state index contributed by atoms with van der Waals surface area (Å²) in [5.41, 5.74) is -2.56. The summed E-state index contributed by atoms with van der Waals surface area (Å²) in [6, 6.07) is 2.15. The molecule has 102 valence electrons. The summed E-state index contributed by atoms with van der Waals surface area (Å²) >= 11 is 0. The van der Waals surface area contributed by atoms with Crippen molar-refractivity contribution in [2.24, 2.45) is 0 Å². The normalized spacial score (nSPS) is 10.2. The average molecular weight is 269 g/mol.